The van der Waals surface area contributed by atoms with Gasteiger partial charge in [0.25, 0.3) is 0 Å². The fraction of sp³-hybridized carbons (Fsp3) is 0.333. The van der Waals surface area contributed by atoms with E-state index in [2.05, 4.69) is 25.2 Å². The molecule has 0 radical (unpaired) electrons. The zero-order valence-electron chi connectivity index (χ0n) is 16.1. The van der Waals surface area contributed by atoms with Gasteiger partial charge in [0.2, 0.25) is 11.9 Å². The summed E-state index contributed by atoms with van der Waals surface area (Å²) in [5, 5.41) is 7.31. The van der Waals surface area contributed by atoms with Crippen LogP contribution in [0.5, 0.6) is 0 Å². The van der Waals surface area contributed by atoms with Crippen molar-refractivity contribution in [1.29, 1.82) is 0 Å². The van der Waals surface area contributed by atoms with Crippen molar-refractivity contribution in [3.8, 4) is 0 Å². The van der Waals surface area contributed by atoms with Gasteiger partial charge in [-0.25, -0.2) is 9.97 Å². The molecule has 0 bridgehead atoms. The van der Waals surface area contributed by atoms with Gasteiger partial charge in [-0.3, -0.25) is 4.79 Å². The molecule has 29 heavy (non-hydrogen) atoms. The first-order chi connectivity index (χ1) is 14.3. The predicted octanol–water partition coefficient (Wildman–Crippen LogP) is 3.13. The van der Waals surface area contributed by atoms with E-state index < -0.39 is 0 Å². The van der Waals surface area contributed by atoms with Gasteiger partial charge in [0.15, 0.2) is 0 Å². The normalized spacial score (nSPS) is 14.2. The fourth-order valence-electron chi connectivity index (χ4n) is 3.61. The number of aryl methyl sites for hydroxylation is 1. The lowest BCUT2D eigenvalue weighted by Crippen LogP contribution is -2.35. The molecule has 4 aromatic rings. The van der Waals surface area contributed by atoms with E-state index in [9.17, 15) is 4.79 Å². The maximum absolute atomic E-state index is 11.9. The van der Waals surface area contributed by atoms with Crippen molar-refractivity contribution in [3.63, 3.8) is 0 Å². The molecule has 0 aromatic carbocycles. The topological polar surface area (TPSA) is 89.1 Å². The van der Waals surface area contributed by atoms with Crippen molar-refractivity contribution in [1.82, 2.24) is 29.2 Å². The smallest absolute Gasteiger partial charge is 0.229 e. The number of nitrogens with one attached hydrogen (secondary N) is 2. The molecule has 8 nitrogen and oxygen atoms in total. The maximum Gasteiger partial charge on any atom is 0.229 e. The van der Waals surface area contributed by atoms with Gasteiger partial charge in [-0.1, -0.05) is 6.42 Å². The van der Waals surface area contributed by atoms with Gasteiger partial charge in [0.05, 0.1) is 5.69 Å². The van der Waals surface area contributed by atoms with Crippen LogP contribution in [-0.2, 0) is 11.3 Å². The summed E-state index contributed by atoms with van der Waals surface area (Å²) >= 11 is 0. The lowest BCUT2D eigenvalue weighted by Gasteiger charge is -2.24. The van der Waals surface area contributed by atoms with E-state index in [0.717, 1.165) is 48.2 Å². The van der Waals surface area contributed by atoms with Gasteiger partial charge in [-0.2, -0.15) is 4.98 Å². The number of pyridine rings is 1. The molecule has 1 saturated carbocycles. The maximum atomic E-state index is 11.9. The average molecular weight is 389 g/mol. The molecule has 0 spiro atoms. The van der Waals surface area contributed by atoms with E-state index in [1.807, 2.05) is 47.4 Å². The largest absolute Gasteiger partial charge is 0.356 e. The van der Waals surface area contributed by atoms with Crippen molar-refractivity contribution in [3.05, 3.63) is 49.2 Å². The predicted molar refractivity (Wildman–Crippen MR) is 111 cm³/mol. The van der Waals surface area contributed by atoms with Crippen LogP contribution in [0.4, 0.5) is 11.6 Å². The first-order valence-corrected chi connectivity index (χ1v) is 10.1. The summed E-state index contributed by atoms with van der Waals surface area (Å²) in [5.74, 6) is 0.998. The first kappa shape index (κ1) is 17.7. The number of rotatable bonds is 7. The second kappa shape index (κ2) is 7.54. The molecule has 148 valence electrons. The Morgan fingerprint density at radius 1 is 1.17 bits per heavy atom. The molecule has 0 saturated heterocycles. The zero-order chi connectivity index (χ0) is 19.6. The van der Waals surface area contributed by atoms with Crippen LogP contribution < -0.4 is 10.6 Å². The summed E-state index contributed by atoms with van der Waals surface area (Å²) in [5.41, 5.74) is 2.67. The minimum Gasteiger partial charge on any atom is -0.356 e. The molecule has 1 amide bonds. The Bertz CT molecular complexity index is 1160. The Morgan fingerprint density at radius 3 is 2.97 bits per heavy atom. The van der Waals surface area contributed by atoms with Gasteiger partial charge in [-0.05, 0) is 37.5 Å². The number of imidazole rings is 1. The molecule has 0 atom stereocenters. The number of amides is 1. The van der Waals surface area contributed by atoms with Crippen LogP contribution in [0.3, 0.4) is 0 Å². The average Bonchev–Trinajstić information content (AvgIpc) is 3.30. The third kappa shape index (κ3) is 3.65. The molecular formula is C21H23N7O. The summed E-state index contributed by atoms with van der Waals surface area (Å²) in [7, 11) is 0. The van der Waals surface area contributed by atoms with E-state index in [1.165, 1.54) is 6.42 Å². The molecule has 4 heterocycles. The number of aromatic nitrogens is 5. The highest BCUT2D eigenvalue weighted by Crippen LogP contribution is 2.26. The van der Waals surface area contributed by atoms with E-state index in [4.69, 9.17) is 4.98 Å². The summed E-state index contributed by atoms with van der Waals surface area (Å²) in [4.78, 5) is 25.3. The number of carbonyl (C=O) groups excluding carboxylic acids is 1. The Hall–Kier alpha value is -3.42. The molecule has 0 aliphatic heterocycles. The van der Waals surface area contributed by atoms with Crippen LogP contribution in [0, 0.1) is 5.92 Å². The fourth-order valence-corrected chi connectivity index (χ4v) is 3.61. The molecular weight excluding hydrogens is 366 g/mol. The highest BCUT2D eigenvalue weighted by atomic mass is 16.1. The minimum atomic E-state index is 0.206. The quantitative estimate of drug-likeness (QED) is 0.474. The van der Waals surface area contributed by atoms with Crippen LogP contribution in [0.1, 0.15) is 25.7 Å². The number of hydrogen-bond acceptors (Lipinski definition) is 5. The third-order valence-electron chi connectivity index (χ3n) is 5.50. The molecule has 2 N–H and O–H groups in total. The lowest BCUT2D eigenvalue weighted by molar-refractivity contribution is -0.127. The van der Waals surface area contributed by atoms with Gasteiger partial charge in [-0.15, -0.1) is 0 Å². The van der Waals surface area contributed by atoms with Crippen LogP contribution in [0.15, 0.2) is 49.2 Å². The Kier molecular flexibility index (Phi) is 4.59. The Labute approximate surface area is 168 Å². The number of anilines is 2. The molecule has 8 heteroatoms. The zero-order valence-corrected chi connectivity index (χ0v) is 16.1. The van der Waals surface area contributed by atoms with E-state index in [-0.39, 0.29) is 11.8 Å². The number of fused-ring (bicyclic) bond motifs is 2. The number of nitrogens with zero attached hydrogens (tertiary/aromatic N) is 5. The molecule has 4 aromatic heterocycles. The van der Waals surface area contributed by atoms with E-state index >= 15 is 0 Å². The summed E-state index contributed by atoms with van der Waals surface area (Å²) < 4.78 is 4.05. The Balaban J connectivity index is 1.25. The van der Waals surface area contributed by atoms with Crippen LogP contribution in [0.2, 0.25) is 0 Å². The monoisotopic (exact) mass is 389 g/mol. The van der Waals surface area contributed by atoms with Crippen molar-refractivity contribution in [2.24, 2.45) is 5.92 Å². The standard InChI is InChI=1S/C21H23N7O/c29-20(15-3-1-4-15)23-8-2-10-27-11-7-16-13-24-21(26-19(16)27)25-17-5-6-18-22-9-12-28(18)14-17/h5-7,9,11-15H,1-4,8,10H2,(H,23,29)(H,24,25,26). The van der Waals surface area contributed by atoms with Crippen molar-refractivity contribution in [2.75, 3.05) is 11.9 Å². The van der Waals surface area contributed by atoms with Gasteiger partial charge < -0.3 is 19.6 Å². The van der Waals surface area contributed by atoms with Crippen LogP contribution in [-0.4, -0.2) is 36.4 Å². The van der Waals surface area contributed by atoms with Gasteiger partial charge in [0.1, 0.15) is 11.3 Å². The molecule has 0 unspecified atom stereocenters. The summed E-state index contributed by atoms with van der Waals surface area (Å²) in [6.45, 7) is 1.49. The van der Waals surface area contributed by atoms with E-state index in [0.29, 0.717) is 12.5 Å². The lowest BCUT2D eigenvalue weighted by atomic mass is 9.85. The number of carbonyl (C=O) groups is 1. The van der Waals surface area contributed by atoms with Crippen molar-refractivity contribution in [2.45, 2.75) is 32.2 Å². The summed E-state index contributed by atoms with van der Waals surface area (Å²) in [6, 6.07) is 5.92. The SMILES string of the molecule is O=C(NCCCn1ccc2cnc(Nc3ccc4nccn4c3)nc21)C1CCC1. The molecule has 5 rings (SSSR count). The van der Waals surface area contributed by atoms with Crippen molar-refractivity contribution >= 4 is 34.2 Å². The number of hydrogen-bond donors (Lipinski definition) is 2. The van der Waals surface area contributed by atoms with Gasteiger partial charge >= 0.3 is 0 Å². The van der Waals surface area contributed by atoms with Crippen LogP contribution in [0.25, 0.3) is 16.7 Å². The third-order valence-corrected chi connectivity index (χ3v) is 5.50. The second-order valence-corrected chi connectivity index (χ2v) is 7.49. The van der Waals surface area contributed by atoms with E-state index in [1.54, 1.807) is 6.20 Å². The van der Waals surface area contributed by atoms with Gasteiger partial charge in [0, 0.05) is 55.4 Å². The minimum absolute atomic E-state index is 0.206. The summed E-state index contributed by atoms with van der Waals surface area (Å²) in [6.07, 6.45) is 13.6. The first-order valence-electron chi connectivity index (χ1n) is 10.1. The highest BCUT2D eigenvalue weighted by Gasteiger charge is 2.24. The molecule has 1 aliphatic carbocycles. The Morgan fingerprint density at radius 2 is 2.10 bits per heavy atom. The van der Waals surface area contributed by atoms with Crippen molar-refractivity contribution < 1.29 is 4.79 Å². The van der Waals surface area contributed by atoms with Crippen LogP contribution >= 0.6 is 0 Å². The highest BCUT2D eigenvalue weighted by molar-refractivity contribution is 5.79. The molecule has 1 fully saturated rings. The molecule has 1 aliphatic rings. The second-order valence-electron chi connectivity index (χ2n) is 7.49.